The topological polar surface area (TPSA) is 83.0 Å². The molecule has 158 valence electrons. The fourth-order valence-corrected chi connectivity index (χ4v) is 5.02. The molecule has 27 heavy (non-hydrogen) atoms. The van der Waals surface area contributed by atoms with E-state index in [1.54, 1.807) is 0 Å². The molecule has 2 heterocycles. The van der Waals surface area contributed by atoms with Crippen molar-refractivity contribution < 1.29 is 13.2 Å². The van der Waals surface area contributed by atoms with Gasteiger partial charge in [0.2, 0.25) is 0 Å². The van der Waals surface area contributed by atoms with Gasteiger partial charge in [-0.3, -0.25) is 4.99 Å². The number of nitrogens with one attached hydrogen (secondary N) is 2. The SMILES string of the molecule is CCCCN1CCC(NC(=NCC2(S(C)(=O)=O)CCOCC2)NCC)CC1. The first-order valence-corrected chi connectivity index (χ1v) is 12.3. The Labute approximate surface area is 165 Å². The molecule has 2 rings (SSSR count). The number of nitrogens with zero attached hydrogens (tertiary/aromatic N) is 2. The van der Waals surface area contributed by atoms with Gasteiger partial charge in [-0.2, -0.15) is 0 Å². The van der Waals surface area contributed by atoms with E-state index in [2.05, 4.69) is 27.4 Å². The second kappa shape index (κ2) is 10.6. The molecule has 0 saturated carbocycles. The second-order valence-corrected chi connectivity index (χ2v) is 10.3. The molecule has 7 nitrogen and oxygen atoms in total. The number of sulfone groups is 1. The van der Waals surface area contributed by atoms with Crippen molar-refractivity contribution in [3.8, 4) is 0 Å². The third-order valence-corrected chi connectivity index (χ3v) is 7.93. The molecule has 0 aromatic rings. The molecule has 8 heteroatoms. The van der Waals surface area contributed by atoms with Crippen LogP contribution in [0, 0.1) is 0 Å². The number of aliphatic imine (C=N–C) groups is 1. The Bertz CT molecular complexity index is 566. The minimum atomic E-state index is -3.20. The van der Waals surface area contributed by atoms with Crippen molar-refractivity contribution in [3.63, 3.8) is 0 Å². The molecule has 0 spiro atoms. The van der Waals surface area contributed by atoms with E-state index in [0.29, 0.717) is 38.6 Å². The van der Waals surface area contributed by atoms with Gasteiger partial charge in [-0.25, -0.2) is 8.42 Å². The lowest BCUT2D eigenvalue weighted by Gasteiger charge is -2.35. The number of unbranched alkanes of at least 4 members (excludes halogenated alkanes) is 1. The molecule has 0 radical (unpaired) electrons. The van der Waals surface area contributed by atoms with Crippen molar-refractivity contribution in [2.45, 2.75) is 63.2 Å². The summed E-state index contributed by atoms with van der Waals surface area (Å²) in [6, 6.07) is 0.393. The Kier molecular flexibility index (Phi) is 8.82. The first-order valence-electron chi connectivity index (χ1n) is 10.4. The molecule has 0 aromatic heterocycles. The van der Waals surface area contributed by atoms with E-state index in [-0.39, 0.29) is 0 Å². The molecule has 0 aromatic carbocycles. The number of guanidine groups is 1. The van der Waals surface area contributed by atoms with Crippen LogP contribution in [0.25, 0.3) is 0 Å². The van der Waals surface area contributed by atoms with Crippen LogP contribution in [-0.2, 0) is 14.6 Å². The fourth-order valence-electron chi connectivity index (χ4n) is 3.81. The fraction of sp³-hybridized carbons (Fsp3) is 0.947. The summed E-state index contributed by atoms with van der Waals surface area (Å²) in [5.41, 5.74) is 0. The van der Waals surface area contributed by atoms with Crippen molar-refractivity contribution in [1.82, 2.24) is 15.5 Å². The van der Waals surface area contributed by atoms with Crippen LogP contribution in [0.3, 0.4) is 0 Å². The lowest BCUT2D eigenvalue weighted by atomic mass is 9.99. The monoisotopic (exact) mass is 402 g/mol. The zero-order valence-corrected chi connectivity index (χ0v) is 18.1. The van der Waals surface area contributed by atoms with Crippen LogP contribution in [-0.4, -0.2) is 82.3 Å². The summed E-state index contributed by atoms with van der Waals surface area (Å²) in [5, 5.41) is 6.81. The van der Waals surface area contributed by atoms with Crippen molar-refractivity contribution in [2.75, 3.05) is 52.2 Å². The summed E-state index contributed by atoms with van der Waals surface area (Å²) >= 11 is 0. The maximum absolute atomic E-state index is 12.4. The summed E-state index contributed by atoms with van der Waals surface area (Å²) in [6.07, 6.45) is 7.07. The smallest absolute Gasteiger partial charge is 0.191 e. The molecule has 2 aliphatic heterocycles. The molecule has 0 aliphatic carbocycles. The lowest BCUT2D eigenvalue weighted by Crippen LogP contribution is -2.50. The van der Waals surface area contributed by atoms with Gasteiger partial charge in [0.15, 0.2) is 15.8 Å². The summed E-state index contributed by atoms with van der Waals surface area (Å²) < 4.78 is 29.4. The summed E-state index contributed by atoms with van der Waals surface area (Å²) in [7, 11) is -3.20. The van der Waals surface area contributed by atoms with Crippen LogP contribution in [0.2, 0.25) is 0 Å². The van der Waals surface area contributed by atoms with E-state index in [9.17, 15) is 8.42 Å². The second-order valence-electron chi connectivity index (χ2n) is 7.88. The Morgan fingerprint density at radius 3 is 2.44 bits per heavy atom. The average molecular weight is 403 g/mol. The maximum Gasteiger partial charge on any atom is 0.191 e. The van der Waals surface area contributed by atoms with Gasteiger partial charge >= 0.3 is 0 Å². The van der Waals surface area contributed by atoms with Gasteiger partial charge in [-0.15, -0.1) is 0 Å². The molecule has 2 aliphatic rings. The number of ether oxygens (including phenoxy) is 1. The highest BCUT2D eigenvalue weighted by Gasteiger charge is 2.42. The molecule has 2 fully saturated rings. The molecule has 0 amide bonds. The standard InChI is InChI=1S/C19H38N4O3S/c1-4-6-11-23-12-7-17(8-13-23)22-18(20-5-2)21-16-19(27(3,24)25)9-14-26-15-10-19/h17H,4-16H2,1-3H3,(H2,20,21,22). The van der Waals surface area contributed by atoms with Crippen LogP contribution in [0.15, 0.2) is 4.99 Å². The van der Waals surface area contributed by atoms with Crippen molar-refractivity contribution in [2.24, 2.45) is 4.99 Å². The first kappa shape index (κ1) is 22.4. The van der Waals surface area contributed by atoms with Gasteiger partial charge in [0, 0.05) is 45.1 Å². The zero-order valence-electron chi connectivity index (χ0n) is 17.3. The Hall–Kier alpha value is -0.860. The molecule has 0 unspecified atom stereocenters. The van der Waals surface area contributed by atoms with Gasteiger partial charge in [-0.05, 0) is 45.6 Å². The summed E-state index contributed by atoms with van der Waals surface area (Å²) in [4.78, 5) is 7.22. The van der Waals surface area contributed by atoms with E-state index in [0.717, 1.165) is 38.4 Å². The Morgan fingerprint density at radius 1 is 1.22 bits per heavy atom. The number of hydrogen-bond acceptors (Lipinski definition) is 5. The third-order valence-electron chi connectivity index (χ3n) is 5.82. The minimum absolute atomic E-state index is 0.292. The van der Waals surface area contributed by atoms with E-state index < -0.39 is 14.6 Å². The van der Waals surface area contributed by atoms with Crippen molar-refractivity contribution in [3.05, 3.63) is 0 Å². The molecule has 2 saturated heterocycles. The van der Waals surface area contributed by atoms with Crippen molar-refractivity contribution in [1.29, 1.82) is 0 Å². The predicted octanol–water partition coefficient (Wildman–Crippen LogP) is 1.40. The number of rotatable bonds is 8. The number of piperidine rings is 1. The van der Waals surface area contributed by atoms with E-state index in [1.807, 2.05) is 6.92 Å². The van der Waals surface area contributed by atoms with Crippen LogP contribution >= 0.6 is 0 Å². The highest BCUT2D eigenvalue weighted by Crippen LogP contribution is 2.29. The number of likely N-dealkylation sites (tertiary alicyclic amines) is 1. The minimum Gasteiger partial charge on any atom is -0.381 e. The van der Waals surface area contributed by atoms with Gasteiger partial charge in [0.1, 0.15) is 0 Å². The average Bonchev–Trinajstić information content (AvgIpc) is 2.65. The largest absolute Gasteiger partial charge is 0.381 e. The number of hydrogen-bond donors (Lipinski definition) is 2. The van der Waals surface area contributed by atoms with E-state index in [4.69, 9.17) is 4.74 Å². The lowest BCUT2D eigenvalue weighted by molar-refractivity contribution is 0.0768. The van der Waals surface area contributed by atoms with Crippen molar-refractivity contribution >= 4 is 15.8 Å². The maximum atomic E-state index is 12.4. The van der Waals surface area contributed by atoms with Crippen LogP contribution in [0.1, 0.15) is 52.4 Å². The Balaban J connectivity index is 1.95. The van der Waals surface area contributed by atoms with E-state index in [1.165, 1.54) is 25.6 Å². The van der Waals surface area contributed by atoms with E-state index >= 15 is 0 Å². The molecule has 0 atom stereocenters. The Morgan fingerprint density at radius 2 is 1.89 bits per heavy atom. The predicted molar refractivity (Wildman–Crippen MR) is 111 cm³/mol. The third kappa shape index (κ3) is 6.61. The van der Waals surface area contributed by atoms with Gasteiger partial charge in [0.05, 0.1) is 11.3 Å². The van der Waals surface area contributed by atoms with Gasteiger partial charge < -0.3 is 20.3 Å². The molecular formula is C19H38N4O3S. The van der Waals surface area contributed by atoms with Crippen LogP contribution < -0.4 is 10.6 Å². The quantitative estimate of drug-likeness (QED) is 0.472. The highest BCUT2D eigenvalue weighted by atomic mass is 32.2. The molecule has 0 bridgehead atoms. The van der Waals surface area contributed by atoms with Crippen LogP contribution in [0.4, 0.5) is 0 Å². The molecule has 2 N–H and O–H groups in total. The normalized spacial score (nSPS) is 22.6. The first-order chi connectivity index (χ1) is 12.9. The summed E-state index contributed by atoms with van der Waals surface area (Å²) in [5.74, 6) is 0.735. The van der Waals surface area contributed by atoms with Crippen LogP contribution in [0.5, 0.6) is 0 Å². The molecular weight excluding hydrogens is 364 g/mol. The zero-order chi connectivity index (χ0) is 19.8. The van der Waals surface area contributed by atoms with Gasteiger partial charge in [0.25, 0.3) is 0 Å². The summed E-state index contributed by atoms with van der Waals surface area (Å²) in [6.45, 7) is 9.71. The highest BCUT2D eigenvalue weighted by molar-refractivity contribution is 7.92. The van der Waals surface area contributed by atoms with Gasteiger partial charge in [-0.1, -0.05) is 13.3 Å².